The van der Waals surface area contributed by atoms with E-state index in [1.165, 1.54) is 24.1 Å². The van der Waals surface area contributed by atoms with Gasteiger partial charge in [-0.15, -0.1) is 11.3 Å². The summed E-state index contributed by atoms with van der Waals surface area (Å²) < 4.78 is 4.84. The molecule has 0 unspecified atom stereocenters. The largest absolute Gasteiger partial charge is 0.465 e. The Hall–Kier alpha value is -3.98. The number of amides is 1. The molecule has 1 fully saturated rings. The zero-order chi connectivity index (χ0) is 24.4. The summed E-state index contributed by atoms with van der Waals surface area (Å²) in [5, 5.41) is 3.77. The number of carbonyl (C=O) groups excluding carboxylic acids is 2. The van der Waals surface area contributed by atoms with Gasteiger partial charge in [-0.2, -0.15) is 0 Å². The molecule has 0 atom stereocenters. The summed E-state index contributed by atoms with van der Waals surface area (Å²) in [7, 11) is 1.32. The van der Waals surface area contributed by atoms with Crippen LogP contribution in [-0.4, -0.2) is 55.1 Å². The Bertz CT molecular complexity index is 1380. The summed E-state index contributed by atoms with van der Waals surface area (Å²) in [6, 6.07) is 17.2. The average Bonchev–Trinajstić information content (AvgIpc) is 3.26. The number of methoxy groups -OCH3 is 1. The maximum atomic E-state index is 13.2. The first-order valence-electron chi connectivity index (χ1n) is 11.3. The second-order valence-electron chi connectivity index (χ2n) is 8.23. The number of ether oxygens (including phenoxy) is 1. The number of fused-ring (bicyclic) bond motifs is 1. The maximum absolute atomic E-state index is 13.2. The lowest BCUT2D eigenvalue weighted by Gasteiger charge is -2.37. The maximum Gasteiger partial charge on any atom is 0.339 e. The summed E-state index contributed by atoms with van der Waals surface area (Å²) in [5.41, 5.74) is 2.76. The molecule has 0 spiro atoms. The molecule has 2 aromatic carbocycles. The van der Waals surface area contributed by atoms with Crippen LogP contribution in [0.2, 0.25) is 0 Å². The number of aromatic nitrogens is 2. The van der Waals surface area contributed by atoms with E-state index in [0.29, 0.717) is 16.1 Å². The molecule has 3 heterocycles. The highest BCUT2D eigenvalue weighted by molar-refractivity contribution is 7.20. The van der Waals surface area contributed by atoms with E-state index in [1.54, 1.807) is 30.6 Å². The van der Waals surface area contributed by atoms with Crippen LogP contribution in [0.25, 0.3) is 10.2 Å². The Balaban J connectivity index is 1.40. The van der Waals surface area contributed by atoms with Gasteiger partial charge in [0.25, 0.3) is 5.91 Å². The molecule has 1 aliphatic rings. The summed E-state index contributed by atoms with van der Waals surface area (Å²) in [5.74, 6) is 0.0592. The van der Waals surface area contributed by atoms with Gasteiger partial charge in [0.1, 0.15) is 17.0 Å². The number of carbonyl (C=O) groups is 2. The number of thiophene rings is 1. The Labute approximate surface area is 207 Å². The molecule has 1 aliphatic heterocycles. The molecule has 1 saturated heterocycles. The lowest BCUT2D eigenvalue weighted by atomic mass is 10.1. The molecule has 0 radical (unpaired) electrons. The third kappa shape index (κ3) is 4.42. The lowest BCUT2D eigenvalue weighted by Crippen LogP contribution is -2.46. The molecule has 1 amide bonds. The predicted molar refractivity (Wildman–Crippen MR) is 139 cm³/mol. The van der Waals surface area contributed by atoms with Crippen molar-refractivity contribution in [2.24, 2.45) is 0 Å². The normalized spacial score (nSPS) is 13.7. The number of piperazine rings is 1. The summed E-state index contributed by atoms with van der Waals surface area (Å²) in [6.45, 7) is 5.34. The molecule has 0 saturated carbocycles. The van der Waals surface area contributed by atoms with Gasteiger partial charge >= 0.3 is 5.97 Å². The van der Waals surface area contributed by atoms with Gasteiger partial charge in [-0.25, -0.2) is 14.8 Å². The highest BCUT2D eigenvalue weighted by Crippen LogP contribution is 2.36. The molecule has 8 nitrogen and oxygen atoms in total. The van der Waals surface area contributed by atoms with Crippen molar-refractivity contribution >= 4 is 50.6 Å². The molecule has 1 N–H and O–H groups in total. The minimum absolute atomic E-state index is 0.290. The lowest BCUT2D eigenvalue weighted by molar-refractivity contribution is 0.0602. The van der Waals surface area contributed by atoms with Gasteiger partial charge in [0.2, 0.25) is 0 Å². The van der Waals surface area contributed by atoms with Crippen molar-refractivity contribution in [2.75, 3.05) is 48.4 Å². The number of hydrogen-bond donors (Lipinski definition) is 1. The Kier molecular flexibility index (Phi) is 6.33. The van der Waals surface area contributed by atoms with Gasteiger partial charge in [0, 0.05) is 31.9 Å². The van der Waals surface area contributed by atoms with Crippen LogP contribution < -0.4 is 15.1 Å². The minimum atomic E-state index is -0.503. The van der Waals surface area contributed by atoms with E-state index in [4.69, 9.17) is 4.74 Å². The van der Waals surface area contributed by atoms with Gasteiger partial charge < -0.3 is 19.9 Å². The molecule has 35 heavy (non-hydrogen) atoms. The molecular formula is C26H25N5O3S. The predicted octanol–water partition coefficient (Wildman–Crippen LogP) is 4.37. The van der Waals surface area contributed by atoms with Gasteiger partial charge in [-0.05, 0) is 36.8 Å². The molecule has 0 aliphatic carbocycles. The standard InChI is InChI=1S/C26H25N5O3S/c1-17-21-23(31-14-12-30(13-15-31)18-8-4-3-5-9-18)27-16-28-25(21)35-22(17)24(32)29-20-11-7-6-10-19(20)26(33)34-2/h3-11,16H,12-15H2,1-2H3,(H,29,32). The third-order valence-electron chi connectivity index (χ3n) is 6.19. The number of hydrogen-bond acceptors (Lipinski definition) is 8. The molecule has 5 rings (SSSR count). The third-order valence-corrected chi connectivity index (χ3v) is 7.39. The Morgan fingerprint density at radius 1 is 0.943 bits per heavy atom. The minimum Gasteiger partial charge on any atom is -0.465 e. The monoisotopic (exact) mass is 487 g/mol. The van der Waals surface area contributed by atoms with Gasteiger partial charge in [-0.1, -0.05) is 30.3 Å². The van der Waals surface area contributed by atoms with Crippen LogP contribution in [0, 0.1) is 6.92 Å². The van der Waals surface area contributed by atoms with Gasteiger partial charge in [0.05, 0.1) is 28.6 Å². The van der Waals surface area contributed by atoms with Crippen LogP contribution in [0.4, 0.5) is 17.2 Å². The first-order valence-corrected chi connectivity index (χ1v) is 12.2. The average molecular weight is 488 g/mol. The van der Waals surface area contributed by atoms with Crippen LogP contribution in [-0.2, 0) is 4.74 Å². The van der Waals surface area contributed by atoms with E-state index in [9.17, 15) is 9.59 Å². The molecule has 2 aromatic heterocycles. The number of nitrogens with one attached hydrogen (secondary N) is 1. The smallest absolute Gasteiger partial charge is 0.339 e. The number of aryl methyl sites for hydroxylation is 1. The van der Waals surface area contributed by atoms with E-state index in [-0.39, 0.29) is 5.91 Å². The number of esters is 1. The fourth-order valence-corrected chi connectivity index (χ4v) is 5.42. The van der Waals surface area contributed by atoms with Crippen molar-refractivity contribution in [1.82, 2.24) is 9.97 Å². The van der Waals surface area contributed by atoms with Crippen molar-refractivity contribution in [3.05, 3.63) is 76.9 Å². The van der Waals surface area contributed by atoms with E-state index >= 15 is 0 Å². The van der Waals surface area contributed by atoms with Crippen LogP contribution in [0.5, 0.6) is 0 Å². The second-order valence-corrected chi connectivity index (χ2v) is 9.23. The summed E-state index contributed by atoms with van der Waals surface area (Å²) >= 11 is 1.33. The highest BCUT2D eigenvalue weighted by Gasteiger charge is 2.25. The Morgan fingerprint density at radius 3 is 2.37 bits per heavy atom. The fraction of sp³-hybridized carbons (Fsp3) is 0.231. The van der Waals surface area contributed by atoms with Crippen molar-refractivity contribution in [3.8, 4) is 0 Å². The number of para-hydroxylation sites is 2. The van der Waals surface area contributed by atoms with Crippen LogP contribution in [0.3, 0.4) is 0 Å². The van der Waals surface area contributed by atoms with E-state index < -0.39 is 5.97 Å². The fourth-order valence-electron chi connectivity index (χ4n) is 4.38. The van der Waals surface area contributed by atoms with Crippen LogP contribution >= 0.6 is 11.3 Å². The molecule has 178 valence electrons. The van der Waals surface area contributed by atoms with E-state index in [1.807, 2.05) is 13.0 Å². The number of anilines is 3. The molecule has 4 aromatic rings. The van der Waals surface area contributed by atoms with E-state index in [0.717, 1.165) is 47.8 Å². The SMILES string of the molecule is COC(=O)c1ccccc1NC(=O)c1sc2ncnc(N3CCN(c4ccccc4)CC3)c2c1C. The van der Waals surface area contributed by atoms with Gasteiger partial charge in [-0.3, -0.25) is 4.79 Å². The Morgan fingerprint density at radius 2 is 1.63 bits per heavy atom. The second kappa shape index (κ2) is 9.71. The van der Waals surface area contributed by atoms with Crippen molar-refractivity contribution < 1.29 is 14.3 Å². The first-order chi connectivity index (χ1) is 17.1. The molecule has 9 heteroatoms. The van der Waals surface area contributed by atoms with E-state index in [2.05, 4.69) is 49.4 Å². The topological polar surface area (TPSA) is 87.7 Å². The van der Waals surface area contributed by atoms with Crippen LogP contribution in [0.15, 0.2) is 60.9 Å². The molecular weight excluding hydrogens is 462 g/mol. The van der Waals surface area contributed by atoms with Crippen molar-refractivity contribution in [2.45, 2.75) is 6.92 Å². The summed E-state index contributed by atoms with van der Waals surface area (Å²) in [6.07, 6.45) is 1.56. The zero-order valence-electron chi connectivity index (χ0n) is 19.5. The van der Waals surface area contributed by atoms with Crippen molar-refractivity contribution in [3.63, 3.8) is 0 Å². The highest BCUT2D eigenvalue weighted by atomic mass is 32.1. The van der Waals surface area contributed by atoms with Crippen molar-refractivity contribution in [1.29, 1.82) is 0 Å². The first kappa shape index (κ1) is 22.8. The number of benzene rings is 2. The summed E-state index contributed by atoms with van der Waals surface area (Å²) in [4.78, 5) is 40.3. The molecule has 0 bridgehead atoms. The van der Waals surface area contributed by atoms with Crippen LogP contribution in [0.1, 0.15) is 25.6 Å². The zero-order valence-corrected chi connectivity index (χ0v) is 20.3. The van der Waals surface area contributed by atoms with Gasteiger partial charge in [0.15, 0.2) is 0 Å². The number of nitrogens with zero attached hydrogens (tertiary/aromatic N) is 4. The number of rotatable bonds is 5. The quantitative estimate of drug-likeness (QED) is 0.418.